The van der Waals surface area contributed by atoms with E-state index in [1.807, 2.05) is 23.1 Å². The Kier molecular flexibility index (Phi) is 10.8. The van der Waals surface area contributed by atoms with Crippen LogP contribution in [-0.4, -0.2) is 95.5 Å². The molecule has 47 heavy (non-hydrogen) atoms. The Labute approximate surface area is 276 Å². The maximum absolute atomic E-state index is 14.5. The third-order valence-electron chi connectivity index (χ3n) is 10.0. The Hall–Kier alpha value is -3.99. The summed E-state index contributed by atoms with van der Waals surface area (Å²) >= 11 is 0. The minimum atomic E-state index is -0.954. The van der Waals surface area contributed by atoms with Crippen LogP contribution in [0.1, 0.15) is 75.0 Å². The molecule has 2 fully saturated rings. The first-order chi connectivity index (χ1) is 22.5. The SMILES string of the molecule is CCCC(CCC)N(C(=O)CN1C[C@H](c2ccc3c(c2)CCO3)C(C(=O)O)[C@@H]1CCN1CCC(=O)N(C)C1=O)c1ccc(F)c(C)c1. The number of ether oxygens (including phenoxy) is 1. The lowest BCUT2D eigenvalue weighted by Gasteiger charge is -2.36. The zero-order valence-corrected chi connectivity index (χ0v) is 27.9. The zero-order valence-electron chi connectivity index (χ0n) is 27.9. The van der Waals surface area contributed by atoms with E-state index in [0.29, 0.717) is 30.8 Å². The Morgan fingerprint density at radius 3 is 2.51 bits per heavy atom. The predicted octanol–water partition coefficient (Wildman–Crippen LogP) is 5.21. The van der Waals surface area contributed by atoms with Crippen molar-refractivity contribution in [3.8, 4) is 5.75 Å². The number of likely N-dealkylation sites (tertiary alicyclic amines) is 1. The molecular formula is C36H47FN4O6. The lowest BCUT2D eigenvalue weighted by molar-refractivity contribution is -0.143. The molecule has 1 N–H and O–H groups in total. The number of nitrogens with zero attached hydrogens (tertiary/aromatic N) is 4. The van der Waals surface area contributed by atoms with Crippen LogP contribution in [0.5, 0.6) is 5.75 Å². The molecule has 0 aromatic heterocycles. The highest BCUT2D eigenvalue weighted by atomic mass is 19.1. The van der Waals surface area contributed by atoms with Gasteiger partial charge in [-0.25, -0.2) is 9.18 Å². The number of carbonyl (C=O) groups is 4. The molecule has 2 saturated heterocycles. The summed E-state index contributed by atoms with van der Waals surface area (Å²) in [5.41, 5.74) is 3.02. The second-order valence-electron chi connectivity index (χ2n) is 13.1. The van der Waals surface area contributed by atoms with Crippen LogP contribution in [0.4, 0.5) is 14.9 Å². The fourth-order valence-electron chi connectivity index (χ4n) is 7.59. The molecule has 2 aromatic rings. The van der Waals surface area contributed by atoms with Gasteiger partial charge in [-0.05, 0) is 67.1 Å². The van der Waals surface area contributed by atoms with Crippen molar-refractivity contribution >= 4 is 29.5 Å². The third-order valence-corrected chi connectivity index (χ3v) is 10.0. The molecule has 254 valence electrons. The molecule has 0 aliphatic carbocycles. The van der Waals surface area contributed by atoms with Crippen molar-refractivity contribution in [1.82, 2.24) is 14.7 Å². The molecule has 5 rings (SSSR count). The summed E-state index contributed by atoms with van der Waals surface area (Å²) < 4.78 is 20.0. The second kappa shape index (κ2) is 14.8. The standard InChI is InChI=1S/C36H47FN4O6/c1-5-7-26(8-6-2)41(27-10-11-29(37)23(3)19-27)33(43)22-40-21-28(24-9-12-31-25(20-24)15-18-47-31)34(35(44)45)30(40)13-16-39-17-14-32(42)38(4)36(39)46/h9-12,19-20,26,28,30,34H,5-8,13-18,21-22H2,1-4H3,(H,44,45)/t28-,30+,34?/m1/s1. The number of benzene rings is 2. The molecule has 0 spiro atoms. The molecule has 3 heterocycles. The van der Waals surface area contributed by atoms with Gasteiger partial charge in [0.25, 0.3) is 0 Å². The van der Waals surface area contributed by atoms with Crippen molar-refractivity contribution in [2.45, 2.75) is 83.7 Å². The van der Waals surface area contributed by atoms with Crippen LogP contribution in [0.15, 0.2) is 36.4 Å². The average molecular weight is 651 g/mol. The summed E-state index contributed by atoms with van der Waals surface area (Å²) in [6, 6.07) is 9.57. The summed E-state index contributed by atoms with van der Waals surface area (Å²) in [6.45, 7) is 7.28. The molecule has 0 radical (unpaired) electrons. The minimum absolute atomic E-state index is 0.0221. The first-order valence-electron chi connectivity index (χ1n) is 16.9. The van der Waals surface area contributed by atoms with Gasteiger partial charge in [0.1, 0.15) is 11.6 Å². The van der Waals surface area contributed by atoms with Gasteiger partial charge in [-0.3, -0.25) is 24.2 Å². The number of amides is 4. The van der Waals surface area contributed by atoms with Gasteiger partial charge in [-0.2, -0.15) is 0 Å². The topological polar surface area (TPSA) is 111 Å². The number of imide groups is 1. The maximum Gasteiger partial charge on any atom is 0.326 e. The normalized spacial score (nSPS) is 21.4. The summed E-state index contributed by atoms with van der Waals surface area (Å²) in [5, 5.41) is 10.7. The minimum Gasteiger partial charge on any atom is -0.493 e. The van der Waals surface area contributed by atoms with Gasteiger partial charge in [0, 0.05) is 63.2 Å². The number of aryl methyl sites for hydroxylation is 1. The molecule has 4 amide bonds. The van der Waals surface area contributed by atoms with Crippen LogP contribution in [0.25, 0.3) is 0 Å². The number of carboxylic acid groups (broad SMARTS) is 1. The smallest absolute Gasteiger partial charge is 0.326 e. The van der Waals surface area contributed by atoms with Crippen LogP contribution in [0.2, 0.25) is 0 Å². The summed E-state index contributed by atoms with van der Waals surface area (Å²) in [7, 11) is 1.46. The lowest BCUT2D eigenvalue weighted by atomic mass is 9.83. The van der Waals surface area contributed by atoms with E-state index in [0.717, 1.165) is 53.9 Å². The predicted molar refractivity (Wildman–Crippen MR) is 176 cm³/mol. The number of hydrogen-bond donors (Lipinski definition) is 1. The highest BCUT2D eigenvalue weighted by Gasteiger charge is 2.48. The lowest BCUT2D eigenvalue weighted by Crippen LogP contribution is -2.52. The van der Waals surface area contributed by atoms with Crippen molar-refractivity contribution in [3.05, 3.63) is 58.9 Å². The van der Waals surface area contributed by atoms with Crippen molar-refractivity contribution in [3.63, 3.8) is 0 Å². The number of rotatable bonds is 13. The van der Waals surface area contributed by atoms with Crippen LogP contribution in [0.3, 0.4) is 0 Å². The molecule has 3 atom stereocenters. The Bertz CT molecular complexity index is 1490. The van der Waals surface area contributed by atoms with E-state index < -0.39 is 24.0 Å². The molecule has 3 aliphatic rings. The highest BCUT2D eigenvalue weighted by molar-refractivity contribution is 5.96. The highest BCUT2D eigenvalue weighted by Crippen LogP contribution is 2.41. The quantitative estimate of drug-likeness (QED) is 0.317. The molecule has 2 aromatic carbocycles. The van der Waals surface area contributed by atoms with Gasteiger partial charge in [-0.1, -0.05) is 38.8 Å². The molecule has 3 aliphatic heterocycles. The summed E-state index contributed by atoms with van der Waals surface area (Å²) in [4.78, 5) is 59.0. The van der Waals surface area contributed by atoms with Crippen LogP contribution in [0, 0.1) is 18.7 Å². The van der Waals surface area contributed by atoms with Crippen molar-refractivity contribution in [2.75, 3.05) is 44.7 Å². The fourth-order valence-corrected chi connectivity index (χ4v) is 7.59. The largest absolute Gasteiger partial charge is 0.493 e. The van der Waals surface area contributed by atoms with E-state index in [9.17, 15) is 28.7 Å². The van der Waals surface area contributed by atoms with Crippen LogP contribution >= 0.6 is 0 Å². The summed E-state index contributed by atoms with van der Waals surface area (Å²) in [6.07, 6.45) is 4.58. The molecular weight excluding hydrogens is 603 g/mol. The molecule has 0 bridgehead atoms. The van der Waals surface area contributed by atoms with Gasteiger partial charge in [0.2, 0.25) is 11.8 Å². The number of halogens is 1. The number of carbonyl (C=O) groups excluding carboxylic acids is 3. The van der Waals surface area contributed by atoms with Crippen LogP contribution < -0.4 is 9.64 Å². The molecule has 0 saturated carbocycles. The van der Waals surface area contributed by atoms with Gasteiger partial charge < -0.3 is 19.6 Å². The Morgan fingerprint density at radius 1 is 1.09 bits per heavy atom. The second-order valence-corrected chi connectivity index (χ2v) is 13.1. The fraction of sp³-hybridized carbons (Fsp3) is 0.556. The van der Waals surface area contributed by atoms with Crippen molar-refractivity contribution in [1.29, 1.82) is 0 Å². The first-order valence-corrected chi connectivity index (χ1v) is 16.9. The van der Waals surface area contributed by atoms with Gasteiger partial charge in [0.05, 0.1) is 19.1 Å². The zero-order chi connectivity index (χ0) is 33.8. The molecule has 1 unspecified atom stereocenters. The number of fused-ring (bicyclic) bond motifs is 1. The van der Waals surface area contributed by atoms with E-state index >= 15 is 0 Å². The number of hydrogen-bond acceptors (Lipinski definition) is 6. The molecule has 11 heteroatoms. The number of carboxylic acids is 1. The average Bonchev–Trinajstić information content (AvgIpc) is 3.66. The third kappa shape index (κ3) is 7.30. The Morgan fingerprint density at radius 2 is 1.83 bits per heavy atom. The van der Waals surface area contributed by atoms with E-state index in [2.05, 4.69) is 13.8 Å². The van der Waals surface area contributed by atoms with E-state index in [1.54, 1.807) is 28.9 Å². The van der Waals surface area contributed by atoms with Gasteiger partial charge in [-0.15, -0.1) is 0 Å². The van der Waals surface area contributed by atoms with Gasteiger partial charge in [0.15, 0.2) is 0 Å². The van der Waals surface area contributed by atoms with E-state index in [-0.39, 0.29) is 55.6 Å². The molecule has 10 nitrogen and oxygen atoms in total. The first kappa shape index (κ1) is 34.3. The number of anilines is 1. The number of urea groups is 1. The van der Waals surface area contributed by atoms with E-state index in [4.69, 9.17) is 4.74 Å². The monoisotopic (exact) mass is 650 g/mol. The maximum atomic E-state index is 14.5. The summed E-state index contributed by atoms with van der Waals surface area (Å²) in [5.74, 6) is -2.10. The number of aliphatic carboxylic acids is 1. The van der Waals surface area contributed by atoms with E-state index in [1.165, 1.54) is 13.1 Å². The van der Waals surface area contributed by atoms with Crippen LogP contribution in [-0.2, 0) is 20.8 Å². The Balaban J connectivity index is 1.48. The van der Waals surface area contributed by atoms with Crippen molar-refractivity contribution in [2.24, 2.45) is 5.92 Å². The van der Waals surface area contributed by atoms with Gasteiger partial charge >= 0.3 is 12.0 Å². The van der Waals surface area contributed by atoms with Crippen molar-refractivity contribution < 1.29 is 33.4 Å².